The number of carbonyl (C=O) groups is 2. The minimum absolute atomic E-state index is 0.131. The summed E-state index contributed by atoms with van der Waals surface area (Å²) in [5.41, 5.74) is 1.76. The fourth-order valence-corrected chi connectivity index (χ4v) is 2.61. The van der Waals surface area contributed by atoms with Gasteiger partial charge in [0.25, 0.3) is 5.91 Å². The van der Waals surface area contributed by atoms with E-state index in [0.717, 1.165) is 4.83 Å². The van der Waals surface area contributed by atoms with Gasteiger partial charge in [0.05, 0.1) is 22.5 Å². The van der Waals surface area contributed by atoms with E-state index in [1.165, 1.54) is 17.5 Å². The molecule has 0 saturated carbocycles. The predicted molar refractivity (Wildman–Crippen MR) is 79.3 cm³/mol. The third-order valence-electron chi connectivity index (χ3n) is 3.28. The van der Waals surface area contributed by atoms with Crippen molar-refractivity contribution >= 4 is 45.0 Å². The van der Waals surface area contributed by atoms with Crippen LogP contribution in [0.4, 0.5) is 0 Å². The molecule has 0 spiro atoms. The Kier molecular flexibility index (Phi) is 4.35. The number of rotatable bonds is 5. The highest BCUT2D eigenvalue weighted by molar-refractivity contribution is 7.16. The highest BCUT2D eigenvalue weighted by atomic mass is 35.5. The van der Waals surface area contributed by atoms with Crippen molar-refractivity contribution in [3.63, 3.8) is 0 Å². The minimum atomic E-state index is -0.962. The van der Waals surface area contributed by atoms with Gasteiger partial charge >= 0.3 is 0 Å². The number of aromatic nitrogens is 2. The molecule has 0 aliphatic carbocycles. The predicted octanol–water partition coefficient (Wildman–Crippen LogP) is 2.40. The molecule has 2 rings (SSSR count). The van der Waals surface area contributed by atoms with Crippen LogP contribution in [0, 0.1) is 0 Å². The zero-order valence-corrected chi connectivity index (χ0v) is 12.7. The molecule has 7 heteroatoms. The maximum absolute atomic E-state index is 12.2. The van der Waals surface area contributed by atoms with Crippen molar-refractivity contribution in [2.75, 3.05) is 5.88 Å². The van der Waals surface area contributed by atoms with Crippen LogP contribution in [0.25, 0.3) is 10.3 Å². The Morgan fingerprint density at radius 3 is 2.85 bits per heavy atom. The van der Waals surface area contributed by atoms with E-state index in [1.807, 2.05) is 6.92 Å². The van der Waals surface area contributed by atoms with Gasteiger partial charge in [-0.25, -0.2) is 9.97 Å². The zero-order valence-electron chi connectivity index (χ0n) is 11.1. The number of nitrogens with one attached hydrogen (secondary N) is 1. The van der Waals surface area contributed by atoms with Crippen LogP contribution in [0.5, 0.6) is 0 Å². The van der Waals surface area contributed by atoms with Crippen LogP contribution < -0.4 is 5.32 Å². The number of fused-ring (bicyclic) bond motifs is 1. The van der Waals surface area contributed by atoms with Crippen molar-refractivity contribution in [3.8, 4) is 0 Å². The fourth-order valence-electron chi connectivity index (χ4n) is 1.71. The van der Waals surface area contributed by atoms with Crippen LogP contribution in [0.15, 0.2) is 17.8 Å². The molecular weight excluding hydrogens is 298 g/mol. The Bertz CT molecular complexity index is 658. The summed E-state index contributed by atoms with van der Waals surface area (Å²) in [7, 11) is 0. The van der Waals surface area contributed by atoms with Crippen LogP contribution in [0.3, 0.4) is 0 Å². The molecule has 1 atom stereocenters. The molecule has 106 valence electrons. The van der Waals surface area contributed by atoms with Gasteiger partial charge in [-0.2, -0.15) is 0 Å². The van der Waals surface area contributed by atoms with Gasteiger partial charge in [-0.15, -0.1) is 22.9 Å². The molecule has 2 aromatic rings. The maximum Gasteiger partial charge on any atom is 0.253 e. The number of alkyl halides is 1. The number of pyridine rings is 1. The van der Waals surface area contributed by atoms with Gasteiger partial charge in [-0.05, 0) is 19.4 Å². The zero-order chi connectivity index (χ0) is 14.8. The normalized spacial score (nSPS) is 13.9. The number of carbonyl (C=O) groups excluding carboxylic acids is 2. The number of ketones is 1. The molecule has 0 saturated heterocycles. The monoisotopic (exact) mass is 311 g/mol. The number of halogens is 1. The largest absolute Gasteiger partial charge is 0.340 e. The smallest absolute Gasteiger partial charge is 0.253 e. The molecule has 0 fully saturated rings. The lowest BCUT2D eigenvalue weighted by Crippen LogP contribution is -2.52. The lowest BCUT2D eigenvalue weighted by atomic mass is 9.93. The SMILES string of the molecule is CC[C@](C)(NC(=O)c1cnc2scnc2c1)C(=O)CCl. The molecule has 0 aromatic carbocycles. The van der Waals surface area contributed by atoms with Crippen molar-refractivity contribution in [1.82, 2.24) is 15.3 Å². The summed E-state index contributed by atoms with van der Waals surface area (Å²) in [6.45, 7) is 3.50. The van der Waals surface area contributed by atoms with E-state index in [-0.39, 0.29) is 17.6 Å². The second kappa shape index (κ2) is 5.85. The van der Waals surface area contributed by atoms with Crippen LogP contribution in [0.2, 0.25) is 0 Å². The van der Waals surface area contributed by atoms with Gasteiger partial charge in [0.2, 0.25) is 0 Å². The van der Waals surface area contributed by atoms with Crippen molar-refractivity contribution in [1.29, 1.82) is 0 Å². The standard InChI is InChI=1S/C13H14ClN3O2S/c1-3-13(2,10(18)5-14)17-11(19)8-4-9-12(15-6-8)20-7-16-9/h4,6-7H,3,5H2,1-2H3,(H,17,19)/t13-/m0/s1. The average molecular weight is 312 g/mol. The van der Waals surface area contributed by atoms with E-state index in [2.05, 4.69) is 15.3 Å². The molecule has 1 amide bonds. The van der Waals surface area contributed by atoms with Gasteiger partial charge < -0.3 is 5.32 Å². The number of thiazole rings is 1. The number of hydrogen-bond donors (Lipinski definition) is 1. The Balaban J connectivity index is 2.24. The van der Waals surface area contributed by atoms with E-state index in [4.69, 9.17) is 11.6 Å². The Labute approximate surface area is 125 Å². The second-order valence-corrected chi connectivity index (χ2v) is 5.70. The Morgan fingerprint density at radius 2 is 2.20 bits per heavy atom. The van der Waals surface area contributed by atoms with Gasteiger partial charge in [-0.1, -0.05) is 6.92 Å². The average Bonchev–Trinajstić information content (AvgIpc) is 2.93. The van der Waals surface area contributed by atoms with Crippen LogP contribution in [-0.2, 0) is 4.79 Å². The molecule has 0 radical (unpaired) electrons. The van der Waals surface area contributed by atoms with Crippen LogP contribution in [0.1, 0.15) is 30.6 Å². The van der Waals surface area contributed by atoms with Gasteiger partial charge in [0.15, 0.2) is 5.78 Å². The van der Waals surface area contributed by atoms with E-state index in [1.54, 1.807) is 18.5 Å². The van der Waals surface area contributed by atoms with Crippen molar-refractivity contribution in [2.24, 2.45) is 0 Å². The molecule has 5 nitrogen and oxygen atoms in total. The summed E-state index contributed by atoms with van der Waals surface area (Å²) >= 11 is 6.99. The first kappa shape index (κ1) is 14.9. The number of amides is 1. The molecule has 1 N–H and O–H groups in total. The summed E-state index contributed by atoms with van der Waals surface area (Å²) in [6.07, 6.45) is 1.95. The highest BCUT2D eigenvalue weighted by Crippen LogP contribution is 2.17. The molecule has 2 heterocycles. The lowest BCUT2D eigenvalue weighted by Gasteiger charge is -2.27. The highest BCUT2D eigenvalue weighted by Gasteiger charge is 2.32. The molecule has 0 bridgehead atoms. The van der Waals surface area contributed by atoms with E-state index in [9.17, 15) is 9.59 Å². The summed E-state index contributed by atoms with van der Waals surface area (Å²) in [6, 6.07) is 1.66. The van der Waals surface area contributed by atoms with Crippen molar-refractivity contribution in [2.45, 2.75) is 25.8 Å². The van der Waals surface area contributed by atoms with Crippen LogP contribution in [-0.4, -0.2) is 33.1 Å². The minimum Gasteiger partial charge on any atom is -0.340 e. The fraction of sp³-hybridized carbons (Fsp3) is 0.385. The first-order valence-corrected chi connectivity index (χ1v) is 7.52. The van der Waals surface area contributed by atoms with Gasteiger partial charge in [0, 0.05) is 6.20 Å². The number of Topliss-reactive ketones (excluding diaryl/α,β-unsaturated/α-hetero) is 1. The molecule has 20 heavy (non-hydrogen) atoms. The molecule has 2 aromatic heterocycles. The van der Waals surface area contributed by atoms with Crippen molar-refractivity contribution in [3.05, 3.63) is 23.3 Å². The molecular formula is C13H14ClN3O2S. The summed E-state index contributed by atoms with van der Waals surface area (Å²) in [5.74, 6) is -0.693. The summed E-state index contributed by atoms with van der Waals surface area (Å²) < 4.78 is 0. The molecule has 0 aliphatic rings. The second-order valence-electron chi connectivity index (χ2n) is 4.60. The first-order chi connectivity index (χ1) is 9.50. The Morgan fingerprint density at radius 1 is 1.45 bits per heavy atom. The van der Waals surface area contributed by atoms with Gasteiger partial charge in [0.1, 0.15) is 10.3 Å². The summed E-state index contributed by atoms with van der Waals surface area (Å²) in [4.78, 5) is 33.1. The van der Waals surface area contributed by atoms with Crippen LogP contribution >= 0.6 is 22.9 Å². The van der Waals surface area contributed by atoms with E-state index in [0.29, 0.717) is 17.5 Å². The number of hydrogen-bond acceptors (Lipinski definition) is 5. The third kappa shape index (κ3) is 2.81. The number of nitrogens with zero attached hydrogens (tertiary/aromatic N) is 2. The topological polar surface area (TPSA) is 72.0 Å². The third-order valence-corrected chi connectivity index (χ3v) is 4.28. The maximum atomic E-state index is 12.2. The molecule has 0 aliphatic heterocycles. The quantitative estimate of drug-likeness (QED) is 0.861. The van der Waals surface area contributed by atoms with Crippen molar-refractivity contribution < 1.29 is 9.59 Å². The van der Waals surface area contributed by atoms with E-state index < -0.39 is 5.54 Å². The first-order valence-electron chi connectivity index (χ1n) is 6.11. The van der Waals surface area contributed by atoms with Gasteiger partial charge in [-0.3, -0.25) is 9.59 Å². The summed E-state index contributed by atoms with van der Waals surface area (Å²) in [5, 5.41) is 2.73. The Hall–Kier alpha value is -1.53. The molecule has 0 unspecified atom stereocenters. The lowest BCUT2D eigenvalue weighted by molar-refractivity contribution is -0.122. The van der Waals surface area contributed by atoms with E-state index >= 15 is 0 Å².